The van der Waals surface area contributed by atoms with E-state index in [1.807, 2.05) is 6.92 Å². The summed E-state index contributed by atoms with van der Waals surface area (Å²) in [6, 6.07) is 5.18. The molecule has 0 saturated heterocycles. The first-order valence-electron chi connectivity index (χ1n) is 4.69. The maximum absolute atomic E-state index is 11.1. The lowest BCUT2D eigenvalue weighted by atomic mass is 10.2. The van der Waals surface area contributed by atoms with Crippen molar-refractivity contribution >= 4 is 33.7 Å². The van der Waals surface area contributed by atoms with E-state index in [0.29, 0.717) is 14.6 Å². The van der Waals surface area contributed by atoms with E-state index in [0.717, 1.165) is 5.69 Å². The van der Waals surface area contributed by atoms with Gasteiger partial charge in [-0.3, -0.25) is 0 Å². The predicted molar refractivity (Wildman–Crippen MR) is 66.5 cm³/mol. The summed E-state index contributed by atoms with van der Waals surface area (Å²) >= 11 is 4.41. The SMILES string of the molecule is Cc1coc(Sc2cccc(Br)c2C(=O)O)n1. The molecule has 17 heavy (non-hydrogen) atoms. The number of aryl methyl sites for hydroxylation is 1. The van der Waals surface area contributed by atoms with Crippen molar-refractivity contribution in [2.45, 2.75) is 17.0 Å². The Morgan fingerprint density at radius 2 is 2.29 bits per heavy atom. The van der Waals surface area contributed by atoms with Crippen LogP contribution in [0, 0.1) is 6.92 Å². The van der Waals surface area contributed by atoms with Gasteiger partial charge < -0.3 is 9.52 Å². The largest absolute Gasteiger partial charge is 0.478 e. The van der Waals surface area contributed by atoms with Crippen molar-refractivity contribution < 1.29 is 14.3 Å². The Balaban J connectivity index is 2.39. The number of halogens is 1. The average molecular weight is 314 g/mol. The van der Waals surface area contributed by atoms with Gasteiger partial charge in [0, 0.05) is 9.37 Å². The smallest absolute Gasteiger partial charge is 0.338 e. The summed E-state index contributed by atoms with van der Waals surface area (Å²) in [6.45, 7) is 1.81. The van der Waals surface area contributed by atoms with E-state index in [9.17, 15) is 4.79 Å². The number of aromatic carboxylic acids is 1. The summed E-state index contributed by atoms with van der Waals surface area (Å²) in [4.78, 5) is 15.9. The van der Waals surface area contributed by atoms with E-state index in [4.69, 9.17) is 9.52 Å². The van der Waals surface area contributed by atoms with Crippen molar-refractivity contribution in [1.29, 1.82) is 0 Å². The number of benzene rings is 1. The van der Waals surface area contributed by atoms with E-state index in [1.165, 1.54) is 18.0 Å². The molecule has 0 atom stereocenters. The highest BCUT2D eigenvalue weighted by Gasteiger charge is 2.16. The van der Waals surface area contributed by atoms with E-state index < -0.39 is 5.97 Å². The fourth-order valence-corrected chi connectivity index (χ4v) is 2.86. The maximum Gasteiger partial charge on any atom is 0.338 e. The molecule has 6 heteroatoms. The zero-order chi connectivity index (χ0) is 12.4. The zero-order valence-corrected chi connectivity index (χ0v) is 11.2. The van der Waals surface area contributed by atoms with Crippen LogP contribution in [0.2, 0.25) is 0 Å². The third-order valence-corrected chi connectivity index (χ3v) is 3.57. The number of rotatable bonds is 3. The fourth-order valence-electron chi connectivity index (χ4n) is 1.27. The number of hydrogen-bond donors (Lipinski definition) is 1. The first-order chi connectivity index (χ1) is 8.08. The van der Waals surface area contributed by atoms with Gasteiger partial charge >= 0.3 is 5.97 Å². The molecule has 0 amide bonds. The van der Waals surface area contributed by atoms with Gasteiger partial charge in [0.05, 0.1) is 11.3 Å². The quantitative estimate of drug-likeness (QED) is 0.938. The van der Waals surface area contributed by atoms with Crippen LogP contribution in [0.15, 0.2) is 43.5 Å². The monoisotopic (exact) mass is 313 g/mol. The van der Waals surface area contributed by atoms with Gasteiger partial charge in [-0.05, 0) is 46.7 Å². The average Bonchev–Trinajstić information content (AvgIpc) is 2.63. The van der Waals surface area contributed by atoms with E-state index >= 15 is 0 Å². The lowest BCUT2D eigenvalue weighted by molar-refractivity contribution is 0.0692. The molecule has 0 saturated carbocycles. The summed E-state index contributed by atoms with van der Waals surface area (Å²) in [5.74, 6) is -0.983. The minimum atomic E-state index is -0.983. The summed E-state index contributed by atoms with van der Waals surface area (Å²) in [5, 5.41) is 9.57. The molecular weight excluding hydrogens is 306 g/mol. The molecule has 2 rings (SSSR count). The summed E-state index contributed by atoms with van der Waals surface area (Å²) < 4.78 is 5.73. The van der Waals surface area contributed by atoms with Crippen molar-refractivity contribution in [3.8, 4) is 0 Å². The second-order valence-corrected chi connectivity index (χ2v) is 5.12. The number of carbonyl (C=O) groups is 1. The van der Waals surface area contributed by atoms with Gasteiger partial charge in [0.25, 0.3) is 5.22 Å². The minimum Gasteiger partial charge on any atom is -0.478 e. The first kappa shape index (κ1) is 12.2. The number of carboxylic acids is 1. The Labute approximate surface area is 110 Å². The standard InChI is InChI=1S/C11H8BrNO3S/c1-6-5-16-11(13-6)17-8-4-2-3-7(12)9(8)10(14)15/h2-5H,1H3,(H,14,15). The molecular formula is C11H8BrNO3S. The first-order valence-corrected chi connectivity index (χ1v) is 6.30. The van der Waals surface area contributed by atoms with Crippen LogP contribution in [0.4, 0.5) is 0 Å². The molecule has 2 aromatic rings. The zero-order valence-electron chi connectivity index (χ0n) is 8.81. The highest BCUT2D eigenvalue weighted by Crippen LogP contribution is 2.33. The Kier molecular flexibility index (Phi) is 3.54. The van der Waals surface area contributed by atoms with Gasteiger partial charge in [-0.1, -0.05) is 6.07 Å². The fraction of sp³-hybridized carbons (Fsp3) is 0.0909. The Morgan fingerprint density at radius 1 is 1.53 bits per heavy atom. The van der Waals surface area contributed by atoms with Crippen LogP contribution in [0.3, 0.4) is 0 Å². The Bertz CT molecular complexity index is 568. The second-order valence-electron chi connectivity index (χ2n) is 3.27. The Morgan fingerprint density at radius 3 is 2.88 bits per heavy atom. The third kappa shape index (κ3) is 2.70. The summed E-state index contributed by atoms with van der Waals surface area (Å²) in [7, 11) is 0. The van der Waals surface area contributed by atoms with Crippen molar-refractivity contribution in [1.82, 2.24) is 4.98 Å². The van der Waals surface area contributed by atoms with E-state index in [1.54, 1.807) is 18.2 Å². The summed E-state index contributed by atoms with van der Waals surface area (Å²) in [5.41, 5.74) is 0.979. The Hall–Kier alpha value is -1.27. The number of hydrogen-bond acceptors (Lipinski definition) is 4. The normalized spacial score (nSPS) is 10.5. The molecule has 0 aliphatic heterocycles. The van der Waals surface area contributed by atoms with Gasteiger partial charge in [-0.15, -0.1) is 0 Å². The highest BCUT2D eigenvalue weighted by atomic mass is 79.9. The lowest BCUT2D eigenvalue weighted by Gasteiger charge is -2.04. The van der Waals surface area contributed by atoms with Crippen LogP contribution >= 0.6 is 27.7 Å². The second kappa shape index (κ2) is 4.93. The van der Waals surface area contributed by atoms with Gasteiger partial charge in [0.15, 0.2) is 0 Å². The molecule has 1 aromatic heterocycles. The van der Waals surface area contributed by atoms with Crippen molar-refractivity contribution in [3.63, 3.8) is 0 Å². The molecule has 88 valence electrons. The van der Waals surface area contributed by atoms with Gasteiger partial charge in [-0.2, -0.15) is 0 Å². The molecule has 1 heterocycles. The molecule has 0 spiro atoms. The van der Waals surface area contributed by atoms with Gasteiger partial charge in [0.2, 0.25) is 0 Å². The highest BCUT2D eigenvalue weighted by molar-refractivity contribution is 9.10. The third-order valence-electron chi connectivity index (χ3n) is 1.98. The van der Waals surface area contributed by atoms with Crippen LogP contribution in [0.5, 0.6) is 0 Å². The molecule has 1 aromatic carbocycles. The topological polar surface area (TPSA) is 63.3 Å². The molecule has 0 aliphatic carbocycles. The molecule has 0 fully saturated rings. The summed E-state index contributed by atoms with van der Waals surface area (Å²) in [6.07, 6.45) is 1.53. The lowest BCUT2D eigenvalue weighted by Crippen LogP contribution is -2.00. The molecule has 0 unspecified atom stereocenters. The molecule has 0 radical (unpaired) electrons. The predicted octanol–water partition coefficient (Wildman–Crippen LogP) is 3.59. The van der Waals surface area contributed by atoms with Crippen LogP contribution in [-0.4, -0.2) is 16.1 Å². The molecule has 4 nitrogen and oxygen atoms in total. The van der Waals surface area contributed by atoms with E-state index in [-0.39, 0.29) is 5.56 Å². The number of carboxylic acid groups (broad SMARTS) is 1. The molecule has 0 bridgehead atoms. The van der Waals surface area contributed by atoms with Crippen LogP contribution in [-0.2, 0) is 0 Å². The minimum absolute atomic E-state index is 0.216. The van der Waals surface area contributed by atoms with Crippen molar-refractivity contribution in [2.75, 3.05) is 0 Å². The van der Waals surface area contributed by atoms with Crippen molar-refractivity contribution in [3.05, 3.63) is 40.2 Å². The number of oxazole rings is 1. The number of nitrogens with zero attached hydrogens (tertiary/aromatic N) is 1. The maximum atomic E-state index is 11.1. The number of aromatic nitrogens is 1. The van der Waals surface area contributed by atoms with Crippen molar-refractivity contribution in [2.24, 2.45) is 0 Å². The molecule has 0 aliphatic rings. The van der Waals surface area contributed by atoms with Crippen LogP contribution in [0.1, 0.15) is 16.1 Å². The van der Waals surface area contributed by atoms with Gasteiger partial charge in [0.1, 0.15) is 6.26 Å². The van der Waals surface area contributed by atoms with Crippen LogP contribution < -0.4 is 0 Å². The van der Waals surface area contributed by atoms with Gasteiger partial charge in [-0.25, -0.2) is 9.78 Å². The molecule has 1 N–H and O–H groups in total. The van der Waals surface area contributed by atoms with Crippen LogP contribution in [0.25, 0.3) is 0 Å². The van der Waals surface area contributed by atoms with E-state index in [2.05, 4.69) is 20.9 Å².